The maximum atomic E-state index is 11.4. The van der Waals surface area contributed by atoms with Gasteiger partial charge in [0.05, 0.1) is 6.61 Å². The maximum Gasteiger partial charge on any atom is 0.352 e. The highest BCUT2D eigenvalue weighted by molar-refractivity contribution is 7.17. The van der Waals surface area contributed by atoms with Crippen molar-refractivity contribution in [2.45, 2.75) is 20.3 Å². The molecular weight excluding hydrogens is 214 g/mol. The van der Waals surface area contributed by atoms with Crippen LogP contribution in [0.15, 0.2) is 0 Å². The summed E-state index contributed by atoms with van der Waals surface area (Å²) in [7, 11) is 0. The average Bonchev–Trinajstić information content (AvgIpc) is 2.57. The number of hydrogen-bond acceptors (Lipinski definition) is 6. The van der Waals surface area contributed by atoms with Crippen LogP contribution in [0.4, 0.5) is 10.9 Å². The van der Waals surface area contributed by atoms with Crippen molar-refractivity contribution in [2.24, 2.45) is 0 Å². The Labute approximate surface area is 92.6 Å². The van der Waals surface area contributed by atoms with Crippen LogP contribution in [0.3, 0.4) is 0 Å². The minimum absolute atomic E-state index is 0.233. The number of esters is 1. The van der Waals surface area contributed by atoms with Gasteiger partial charge in [-0.15, -0.1) is 0 Å². The van der Waals surface area contributed by atoms with Crippen LogP contribution in [-0.4, -0.2) is 24.1 Å². The van der Waals surface area contributed by atoms with Crippen molar-refractivity contribution in [1.82, 2.24) is 4.98 Å². The lowest BCUT2D eigenvalue weighted by Crippen LogP contribution is -2.05. The van der Waals surface area contributed by atoms with Crippen molar-refractivity contribution in [2.75, 3.05) is 24.2 Å². The number of anilines is 2. The third-order valence-electron chi connectivity index (χ3n) is 1.64. The molecule has 0 aliphatic rings. The highest BCUT2D eigenvalue weighted by Gasteiger charge is 2.16. The van der Waals surface area contributed by atoms with Gasteiger partial charge in [-0.05, 0) is 13.3 Å². The molecule has 0 unspecified atom stereocenters. The first-order valence-corrected chi connectivity index (χ1v) is 5.68. The summed E-state index contributed by atoms with van der Waals surface area (Å²) < 4.78 is 4.85. The molecule has 1 aromatic rings. The zero-order valence-electron chi connectivity index (χ0n) is 8.87. The number of thiazole rings is 1. The molecule has 1 heterocycles. The van der Waals surface area contributed by atoms with Gasteiger partial charge in [0.25, 0.3) is 0 Å². The molecule has 0 bridgehead atoms. The number of nitrogens with one attached hydrogen (secondary N) is 1. The second-order valence-electron chi connectivity index (χ2n) is 2.88. The first-order chi connectivity index (χ1) is 7.19. The number of carbonyl (C=O) groups is 1. The number of nitrogen functional groups attached to an aromatic ring is 1. The molecule has 0 saturated carbocycles. The van der Waals surface area contributed by atoms with Crippen LogP contribution in [0.25, 0.3) is 0 Å². The number of nitrogens with zero attached hydrogens (tertiary/aromatic N) is 1. The van der Waals surface area contributed by atoms with E-state index in [1.165, 1.54) is 11.3 Å². The lowest BCUT2D eigenvalue weighted by molar-refractivity contribution is 0.0533. The summed E-state index contributed by atoms with van der Waals surface area (Å²) in [6.45, 7) is 4.96. The number of nitrogens with two attached hydrogens (primary N) is 1. The molecule has 1 rings (SSSR count). The molecule has 0 atom stereocenters. The largest absolute Gasteiger partial charge is 0.462 e. The highest BCUT2D eigenvalue weighted by atomic mass is 32.1. The van der Waals surface area contributed by atoms with Crippen LogP contribution >= 0.6 is 11.3 Å². The van der Waals surface area contributed by atoms with Crippen LogP contribution in [0.5, 0.6) is 0 Å². The van der Waals surface area contributed by atoms with Gasteiger partial charge in [0.15, 0.2) is 15.8 Å². The van der Waals surface area contributed by atoms with Crippen LogP contribution in [-0.2, 0) is 4.74 Å². The second-order valence-corrected chi connectivity index (χ2v) is 3.88. The molecule has 0 aliphatic heterocycles. The Hall–Kier alpha value is -1.30. The molecular formula is C9H15N3O2S. The van der Waals surface area contributed by atoms with Gasteiger partial charge in [-0.2, -0.15) is 0 Å². The van der Waals surface area contributed by atoms with Gasteiger partial charge in [-0.25, -0.2) is 9.78 Å². The Morgan fingerprint density at radius 3 is 2.93 bits per heavy atom. The summed E-state index contributed by atoms with van der Waals surface area (Å²) in [4.78, 5) is 15.8. The SMILES string of the molecule is CCCNc1nc(N)c(C(=O)OCC)s1. The molecule has 0 spiro atoms. The highest BCUT2D eigenvalue weighted by Crippen LogP contribution is 2.25. The van der Waals surface area contributed by atoms with E-state index in [0.717, 1.165) is 13.0 Å². The van der Waals surface area contributed by atoms with E-state index in [0.29, 0.717) is 16.6 Å². The Morgan fingerprint density at radius 1 is 1.60 bits per heavy atom. The predicted octanol–water partition coefficient (Wildman–Crippen LogP) is 1.72. The fourth-order valence-electron chi connectivity index (χ4n) is 0.982. The number of rotatable bonds is 5. The summed E-state index contributed by atoms with van der Waals surface area (Å²) in [6.07, 6.45) is 0.994. The number of carbonyl (C=O) groups excluding carboxylic acids is 1. The van der Waals surface area contributed by atoms with Gasteiger partial charge in [0, 0.05) is 6.54 Å². The molecule has 5 nitrogen and oxygen atoms in total. The molecule has 1 aromatic heterocycles. The third kappa shape index (κ3) is 3.09. The minimum atomic E-state index is -0.406. The van der Waals surface area contributed by atoms with Crippen molar-refractivity contribution in [3.63, 3.8) is 0 Å². The monoisotopic (exact) mass is 229 g/mol. The topological polar surface area (TPSA) is 77.2 Å². The predicted molar refractivity (Wildman–Crippen MR) is 61.3 cm³/mol. The first kappa shape index (κ1) is 11.8. The van der Waals surface area contributed by atoms with Gasteiger partial charge in [-0.3, -0.25) is 0 Å². The molecule has 0 aromatic carbocycles. The molecule has 3 N–H and O–H groups in total. The molecule has 0 radical (unpaired) electrons. The standard InChI is InChI=1S/C9H15N3O2S/c1-3-5-11-9-12-7(10)6(15-9)8(13)14-4-2/h3-5,10H2,1-2H3,(H,11,12). The van der Waals surface area contributed by atoms with E-state index in [1.807, 2.05) is 0 Å². The van der Waals surface area contributed by atoms with Crippen LogP contribution < -0.4 is 11.1 Å². The van der Waals surface area contributed by atoms with Crippen LogP contribution in [0, 0.1) is 0 Å². The lowest BCUT2D eigenvalue weighted by Gasteiger charge is -1.97. The molecule has 0 fully saturated rings. The Bertz CT molecular complexity index is 338. The van der Waals surface area contributed by atoms with E-state index < -0.39 is 5.97 Å². The number of hydrogen-bond donors (Lipinski definition) is 2. The number of aromatic nitrogens is 1. The van der Waals surface area contributed by atoms with Gasteiger partial charge in [0.1, 0.15) is 0 Å². The fraction of sp³-hybridized carbons (Fsp3) is 0.556. The van der Waals surface area contributed by atoms with E-state index in [-0.39, 0.29) is 5.82 Å². The van der Waals surface area contributed by atoms with E-state index >= 15 is 0 Å². The van der Waals surface area contributed by atoms with E-state index in [2.05, 4.69) is 17.2 Å². The third-order valence-corrected chi connectivity index (χ3v) is 2.65. The Kier molecular flexibility index (Phi) is 4.36. The molecule has 6 heteroatoms. The van der Waals surface area contributed by atoms with E-state index in [1.54, 1.807) is 6.92 Å². The van der Waals surface area contributed by atoms with Crippen LogP contribution in [0.2, 0.25) is 0 Å². The Morgan fingerprint density at radius 2 is 2.33 bits per heavy atom. The van der Waals surface area contributed by atoms with Gasteiger partial charge in [-0.1, -0.05) is 18.3 Å². The maximum absolute atomic E-state index is 11.4. The van der Waals surface area contributed by atoms with Crippen molar-refractivity contribution in [3.05, 3.63) is 4.88 Å². The first-order valence-electron chi connectivity index (χ1n) is 4.86. The quantitative estimate of drug-likeness (QED) is 0.752. The smallest absolute Gasteiger partial charge is 0.352 e. The van der Waals surface area contributed by atoms with Crippen molar-refractivity contribution in [3.8, 4) is 0 Å². The fourth-order valence-corrected chi connectivity index (χ4v) is 1.79. The molecule has 0 amide bonds. The van der Waals surface area contributed by atoms with E-state index in [4.69, 9.17) is 10.5 Å². The summed E-state index contributed by atoms with van der Waals surface area (Å²) in [5.74, 6) is -0.172. The van der Waals surface area contributed by atoms with Gasteiger partial charge in [0.2, 0.25) is 0 Å². The second kappa shape index (κ2) is 5.55. The molecule has 15 heavy (non-hydrogen) atoms. The lowest BCUT2D eigenvalue weighted by atomic mass is 10.5. The molecule has 0 saturated heterocycles. The summed E-state index contributed by atoms with van der Waals surface area (Å²) >= 11 is 1.23. The Balaban J connectivity index is 2.72. The van der Waals surface area contributed by atoms with Crippen molar-refractivity contribution >= 4 is 28.3 Å². The zero-order valence-corrected chi connectivity index (χ0v) is 9.69. The average molecular weight is 229 g/mol. The molecule has 84 valence electrons. The van der Waals surface area contributed by atoms with Gasteiger partial charge < -0.3 is 15.8 Å². The zero-order chi connectivity index (χ0) is 11.3. The summed E-state index contributed by atoms with van der Waals surface area (Å²) in [6, 6.07) is 0. The summed E-state index contributed by atoms with van der Waals surface area (Å²) in [5, 5.41) is 3.74. The van der Waals surface area contributed by atoms with E-state index in [9.17, 15) is 4.79 Å². The number of ether oxygens (including phenoxy) is 1. The molecule has 0 aliphatic carbocycles. The van der Waals surface area contributed by atoms with Crippen molar-refractivity contribution in [1.29, 1.82) is 0 Å². The normalized spacial score (nSPS) is 10.0. The minimum Gasteiger partial charge on any atom is -0.462 e. The van der Waals surface area contributed by atoms with Crippen molar-refractivity contribution < 1.29 is 9.53 Å². The van der Waals surface area contributed by atoms with Gasteiger partial charge >= 0.3 is 5.97 Å². The summed E-state index contributed by atoms with van der Waals surface area (Å²) in [5.41, 5.74) is 5.60. The van der Waals surface area contributed by atoms with Crippen LogP contribution in [0.1, 0.15) is 29.9 Å².